The monoisotopic (exact) mass is 309 g/mol. The Hall–Kier alpha value is -1.27. The average molecular weight is 310 g/mol. The van der Waals surface area contributed by atoms with Gasteiger partial charge in [0, 0.05) is 12.6 Å². The molecule has 0 saturated carbocycles. The van der Waals surface area contributed by atoms with Crippen LogP contribution in [0.3, 0.4) is 0 Å². The average Bonchev–Trinajstić information content (AvgIpc) is 2.68. The Kier molecular flexibility index (Phi) is 3.77. The number of aromatic nitrogens is 4. The molecular weight excluding hydrogens is 294 g/mol. The second kappa shape index (κ2) is 5.16. The van der Waals surface area contributed by atoms with Gasteiger partial charge in [-0.05, 0) is 35.3 Å². The molecule has 2 N–H and O–H groups in total. The van der Waals surface area contributed by atoms with Crippen molar-refractivity contribution in [2.24, 2.45) is 12.8 Å². The SMILES string of the molecule is CCc1nnc(C)cc1C(N)c1c(Br)cnn1C. The summed E-state index contributed by atoms with van der Waals surface area (Å²) in [5.74, 6) is 0. The molecule has 2 rings (SSSR count). The molecule has 2 heterocycles. The van der Waals surface area contributed by atoms with Crippen LogP contribution < -0.4 is 5.73 Å². The van der Waals surface area contributed by atoms with Crippen molar-refractivity contribution in [2.45, 2.75) is 26.3 Å². The van der Waals surface area contributed by atoms with E-state index in [4.69, 9.17) is 5.73 Å². The lowest BCUT2D eigenvalue weighted by Gasteiger charge is -2.16. The highest BCUT2D eigenvalue weighted by Crippen LogP contribution is 2.27. The van der Waals surface area contributed by atoms with E-state index in [1.807, 2.05) is 27.0 Å². The van der Waals surface area contributed by atoms with Crippen LogP contribution in [0.5, 0.6) is 0 Å². The van der Waals surface area contributed by atoms with Gasteiger partial charge in [-0.15, -0.1) is 0 Å². The summed E-state index contributed by atoms with van der Waals surface area (Å²) in [6, 6.07) is 1.74. The van der Waals surface area contributed by atoms with Gasteiger partial charge < -0.3 is 5.73 Å². The van der Waals surface area contributed by atoms with Crippen LogP contribution in [-0.4, -0.2) is 20.0 Å². The second-order valence-electron chi connectivity index (χ2n) is 4.22. The highest BCUT2D eigenvalue weighted by molar-refractivity contribution is 9.10. The third kappa shape index (κ3) is 2.30. The summed E-state index contributed by atoms with van der Waals surface area (Å²) in [4.78, 5) is 0. The molecule has 0 aromatic carbocycles. The first-order valence-electron chi connectivity index (χ1n) is 5.80. The summed E-state index contributed by atoms with van der Waals surface area (Å²) in [5.41, 5.74) is 10.1. The Bertz CT molecular complexity index is 544. The van der Waals surface area contributed by atoms with Crippen LogP contribution in [0.2, 0.25) is 0 Å². The van der Waals surface area contributed by atoms with Crippen molar-refractivity contribution in [3.05, 3.63) is 39.4 Å². The van der Waals surface area contributed by atoms with Gasteiger partial charge >= 0.3 is 0 Å². The molecule has 18 heavy (non-hydrogen) atoms. The summed E-state index contributed by atoms with van der Waals surface area (Å²) in [6.07, 6.45) is 2.56. The van der Waals surface area contributed by atoms with Gasteiger partial charge in [-0.2, -0.15) is 15.3 Å². The molecular formula is C12H16BrN5. The standard InChI is InChI=1S/C12H16BrN5/c1-4-10-8(5-7(2)16-17-10)11(14)12-9(13)6-15-18(12)3/h5-6,11H,4,14H2,1-3H3. The Morgan fingerprint density at radius 3 is 2.72 bits per heavy atom. The van der Waals surface area contributed by atoms with E-state index in [1.54, 1.807) is 10.9 Å². The van der Waals surface area contributed by atoms with Crippen molar-refractivity contribution in [3.8, 4) is 0 Å². The highest BCUT2D eigenvalue weighted by atomic mass is 79.9. The smallest absolute Gasteiger partial charge is 0.0753 e. The van der Waals surface area contributed by atoms with Crippen LogP contribution in [0.1, 0.15) is 35.6 Å². The van der Waals surface area contributed by atoms with Crippen LogP contribution >= 0.6 is 15.9 Å². The zero-order valence-corrected chi connectivity index (χ0v) is 12.3. The van der Waals surface area contributed by atoms with E-state index in [0.29, 0.717) is 0 Å². The molecule has 6 heteroatoms. The molecule has 96 valence electrons. The van der Waals surface area contributed by atoms with Gasteiger partial charge in [0.15, 0.2) is 0 Å². The van der Waals surface area contributed by atoms with E-state index < -0.39 is 0 Å². The number of hydrogen-bond acceptors (Lipinski definition) is 4. The fourth-order valence-corrected chi connectivity index (χ4v) is 2.59. The van der Waals surface area contributed by atoms with E-state index in [9.17, 15) is 0 Å². The minimum Gasteiger partial charge on any atom is -0.319 e. The van der Waals surface area contributed by atoms with Gasteiger partial charge in [-0.3, -0.25) is 4.68 Å². The number of nitrogens with zero attached hydrogens (tertiary/aromatic N) is 4. The predicted octanol–water partition coefficient (Wildman–Crippen LogP) is 1.89. The maximum absolute atomic E-state index is 6.35. The first-order valence-corrected chi connectivity index (χ1v) is 6.60. The first-order chi connectivity index (χ1) is 8.54. The molecule has 0 aliphatic heterocycles. The van der Waals surface area contributed by atoms with Crippen molar-refractivity contribution >= 4 is 15.9 Å². The summed E-state index contributed by atoms with van der Waals surface area (Å²) >= 11 is 3.48. The van der Waals surface area contributed by atoms with E-state index >= 15 is 0 Å². The lowest BCUT2D eigenvalue weighted by atomic mass is 10.0. The van der Waals surface area contributed by atoms with E-state index in [-0.39, 0.29) is 6.04 Å². The summed E-state index contributed by atoms with van der Waals surface area (Å²) in [7, 11) is 1.88. The maximum Gasteiger partial charge on any atom is 0.0753 e. The topological polar surface area (TPSA) is 69.6 Å². The number of nitrogens with two attached hydrogens (primary N) is 1. The molecule has 0 saturated heterocycles. The van der Waals surface area contributed by atoms with E-state index in [2.05, 4.69) is 31.2 Å². The van der Waals surface area contributed by atoms with Crippen LogP contribution in [0.15, 0.2) is 16.7 Å². The number of hydrogen-bond donors (Lipinski definition) is 1. The second-order valence-corrected chi connectivity index (χ2v) is 5.07. The fraction of sp³-hybridized carbons (Fsp3) is 0.417. The maximum atomic E-state index is 6.35. The molecule has 0 amide bonds. The number of halogens is 1. The molecule has 0 aliphatic carbocycles. The van der Waals surface area contributed by atoms with Crippen molar-refractivity contribution in [1.29, 1.82) is 0 Å². The largest absolute Gasteiger partial charge is 0.319 e. The van der Waals surface area contributed by atoms with Gasteiger partial charge in [-0.25, -0.2) is 0 Å². The van der Waals surface area contributed by atoms with Crippen molar-refractivity contribution in [1.82, 2.24) is 20.0 Å². The predicted molar refractivity (Wildman–Crippen MR) is 73.1 cm³/mol. The van der Waals surface area contributed by atoms with Crippen LogP contribution in [0.4, 0.5) is 0 Å². The molecule has 1 unspecified atom stereocenters. The van der Waals surface area contributed by atoms with Crippen LogP contribution in [0.25, 0.3) is 0 Å². The molecule has 0 aliphatic rings. The van der Waals surface area contributed by atoms with E-state index in [0.717, 1.165) is 33.5 Å². The fourth-order valence-electron chi connectivity index (χ4n) is 2.00. The van der Waals surface area contributed by atoms with Crippen LogP contribution in [-0.2, 0) is 13.5 Å². The summed E-state index contributed by atoms with van der Waals surface area (Å²) in [6.45, 7) is 3.97. The third-order valence-electron chi connectivity index (χ3n) is 2.93. The lowest BCUT2D eigenvalue weighted by Crippen LogP contribution is -2.19. The molecule has 2 aromatic heterocycles. The minimum atomic E-state index is -0.254. The van der Waals surface area contributed by atoms with Gasteiger partial charge in [0.25, 0.3) is 0 Å². The quantitative estimate of drug-likeness (QED) is 0.940. The van der Waals surface area contributed by atoms with E-state index in [1.165, 1.54) is 0 Å². The third-order valence-corrected chi connectivity index (χ3v) is 3.54. The molecule has 0 spiro atoms. The molecule has 5 nitrogen and oxygen atoms in total. The summed E-state index contributed by atoms with van der Waals surface area (Å²) in [5, 5.41) is 12.5. The molecule has 2 aromatic rings. The Morgan fingerprint density at radius 2 is 2.17 bits per heavy atom. The Labute approximate surface area is 115 Å². The highest BCUT2D eigenvalue weighted by Gasteiger charge is 2.20. The van der Waals surface area contributed by atoms with Crippen molar-refractivity contribution in [2.75, 3.05) is 0 Å². The van der Waals surface area contributed by atoms with Crippen molar-refractivity contribution in [3.63, 3.8) is 0 Å². The van der Waals surface area contributed by atoms with Crippen LogP contribution in [0, 0.1) is 6.92 Å². The molecule has 0 fully saturated rings. The molecule has 1 atom stereocenters. The van der Waals surface area contributed by atoms with Gasteiger partial charge in [0.05, 0.1) is 33.8 Å². The normalized spacial score (nSPS) is 12.7. The number of aryl methyl sites for hydroxylation is 3. The van der Waals surface area contributed by atoms with Gasteiger partial charge in [-0.1, -0.05) is 6.92 Å². The van der Waals surface area contributed by atoms with Gasteiger partial charge in [0.1, 0.15) is 0 Å². The lowest BCUT2D eigenvalue weighted by molar-refractivity contribution is 0.661. The zero-order chi connectivity index (χ0) is 13.3. The molecule has 0 bridgehead atoms. The number of rotatable bonds is 3. The van der Waals surface area contributed by atoms with Gasteiger partial charge in [0.2, 0.25) is 0 Å². The minimum absolute atomic E-state index is 0.254. The summed E-state index contributed by atoms with van der Waals surface area (Å²) < 4.78 is 2.69. The first kappa shape index (κ1) is 13.2. The Morgan fingerprint density at radius 1 is 1.44 bits per heavy atom. The Balaban J connectivity index is 2.51. The van der Waals surface area contributed by atoms with Crippen molar-refractivity contribution < 1.29 is 0 Å². The zero-order valence-electron chi connectivity index (χ0n) is 10.7. The molecule has 0 radical (unpaired) electrons.